The van der Waals surface area contributed by atoms with Crippen LogP contribution in [-0.2, 0) is 11.8 Å². The summed E-state index contributed by atoms with van der Waals surface area (Å²) in [5, 5.41) is 4.95. The van der Waals surface area contributed by atoms with Gasteiger partial charge in [0.2, 0.25) is 0 Å². The van der Waals surface area contributed by atoms with Crippen LogP contribution in [0.2, 0.25) is 0 Å². The summed E-state index contributed by atoms with van der Waals surface area (Å²) in [5.41, 5.74) is 2.67. The van der Waals surface area contributed by atoms with Gasteiger partial charge in [-0.1, -0.05) is 30.3 Å². The maximum Gasteiger partial charge on any atom is 0.262 e. The Morgan fingerprint density at radius 1 is 1.12 bits per heavy atom. The first kappa shape index (κ1) is 20.9. The number of nitrogens with one attached hydrogen (secondary N) is 1. The lowest BCUT2D eigenvalue weighted by Crippen LogP contribution is -2.40. The maximum absolute atomic E-state index is 13.1. The van der Waals surface area contributed by atoms with Crippen molar-refractivity contribution in [3.8, 4) is 28.4 Å². The Morgan fingerprint density at radius 2 is 1.88 bits per heavy atom. The number of carbonyl (C=O) groups excluding carboxylic acids is 1. The van der Waals surface area contributed by atoms with Crippen LogP contribution in [0.1, 0.15) is 10.4 Å². The van der Waals surface area contributed by atoms with Crippen molar-refractivity contribution < 1.29 is 14.3 Å². The highest BCUT2D eigenvalue weighted by atomic mass is 16.5. The minimum atomic E-state index is -0.294. The molecule has 0 aliphatic carbocycles. The van der Waals surface area contributed by atoms with Crippen molar-refractivity contribution in [3.05, 3.63) is 64.4 Å². The standard InChI is InChI=1S/C24H23N5O4/c1-28-22-19(20(27-28)15-6-4-3-5-7-15)23(30)26-21(25-22)17-9-8-16(14-18(17)32-2)24(31)29-10-12-33-13-11-29/h3-9,14H,10-13H2,1-2H3,(H,25,26,30). The molecule has 1 aliphatic heterocycles. The van der Waals surface area contributed by atoms with Crippen molar-refractivity contribution in [2.75, 3.05) is 33.4 Å². The molecule has 1 fully saturated rings. The van der Waals surface area contributed by atoms with Gasteiger partial charge in [0, 0.05) is 31.3 Å². The van der Waals surface area contributed by atoms with Crippen LogP contribution in [-0.4, -0.2) is 64.0 Å². The molecule has 1 amide bonds. The summed E-state index contributed by atoms with van der Waals surface area (Å²) in [6, 6.07) is 14.7. The number of morpholine rings is 1. The zero-order chi connectivity index (χ0) is 22.9. The van der Waals surface area contributed by atoms with E-state index in [1.807, 2.05) is 30.3 Å². The molecular weight excluding hydrogens is 422 g/mol. The Kier molecular flexibility index (Phi) is 5.39. The van der Waals surface area contributed by atoms with Gasteiger partial charge in [-0.2, -0.15) is 5.10 Å². The van der Waals surface area contributed by atoms with Gasteiger partial charge in [-0.15, -0.1) is 0 Å². The number of nitrogens with zero attached hydrogens (tertiary/aromatic N) is 4. The largest absolute Gasteiger partial charge is 0.496 e. The summed E-state index contributed by atoms with van der Waals surface area (Å²) in [4.78, 5) is 35.3. The third kappa shape index (κ3) is 3.76. The number of rotatable bonds is 4. The summed E-state index contributed by atoms with van der Waals surface area (Å²) in [6.45, 7) is 2.17. The van der Waals surface area contributed by atoms with Crippen molar-refractivity contribution >= 4 is 16.9 Å². The first-order chi connectivity index (χ1) is 16.1. The van der Waals surface area contributed by atoms with E-state index < -0.39 is 0 Å². The average Bonchev–Trinajstić information content (AvgIpc) is 3.21. The molecule has 1 saturated heterocycles. The quantitative estimate of drug-likeness (QED) is 0.518. The first-order valence-corrected chi connectivity index (χ1v) is 10.6. The first-order valence-electron chi connectivity index (χ1n) is 10.6. The van der Waals surface area contributed by atoms with Crippen molar-refractivity contribution in [3.63, 3.8) is 0 Å². The number of ether oxygens (including phenoxy) is 2. The molecular formula is C24H23N5O4. The fourth-order valence-corrected chi connectivity index (χ4v) is 4.05. The number of hydrogen-bond acceptors (Lipinski definition) is 6. The molecule has 33 heavy (non-hydrogen) atoms. The summed E-state index contributed by atoms with van der Waals surface area (Å²) in [7, 11) is 3.28. The topological polar surface area (TPSA) is 102 Å². The fraction of sp³-hybridized carbons (Fsp3) is 0.250. The van der Waals surface area contributed by atoms with Gasteiger partial charge in [0.05, 0.1) is 25.9 Å². The van der Waals surface area contributed by atoms with E-state index in [0.717, 1.165) is 5.56 Å². The van der Waals surface area contributed by atoms with Gasteiger partial charge in [0.1, 0.15) is 22.7 Å². The van der Waals surface area contributed by atoms with E-state index in [4.69, 9.17) is 9.47 Å². The molecule has 2 aromatic carbocycles. The Hall–Kier alpha value is -3.98. The highest BCUT2D eigenvalue weighted by Gasteiger charge is 2.22. The average molecular weight is 445 g/mol. The molecule has 0 saturated carbocycles. The van der Waals surface area contributed by atoms with Crippen molar-refractivity contribution in [2.24, 2.45) is 7.05 Å². The highest BCUT2D eigenvalue weighted by Crippen LogP contribution is 2.31. The number of methoxy groups -OCH3 is 1. The number of fused-ring (bicyclic) bond motifs is 1. The number of aromatic nitrogens is 4. The molecule has 2 aromatic heterocycles. The van der Waals surface area contributed by atoms with Crippen LogP contribution >= 0.6 is 0 Å². The van der Waals surface area contributed by atoms with Crippen molar-refractivity contribution in [2.45, 2.75) is 0 Å². The minimum Gasteiger partial charge on any atom is -0.496 e. The summed E-state index contributed by atoms with van der Waals surface area (Å²) < 4.78 is 12.5. The SMILES string of the molecule is COc1cc(C(=O)N2CCOCC2)ccc1-c1nc2c(c(-c3ccccc3)nn2C)c(=O)[nH]1. The molecule has 5 rings (SSSR count). The van der Waals surface area contributed by atoms with Gasteiger partial charge in [-0.3, -0.25) is 9.59 Å². The van der Waals surface area contributed by atoms with Crippen LogP contribution in [0.15, 0.2) is 53.3 Å². The highest BCUT2D eigenvalue weighted by molar-refractivity contribution is 5.96. The molecule has 3 heterocycles. The van der Waals surface area contributed by atoms with Crippen LogP contribution < -0.4 is 10.3 Å². The molecule has 9 heteroatoms. The van der Waals surface area contributed by atoms with E-state index in [0.29, 0.717) is 65.7 Å². The molecule has 1 aliphatic rings. The van der Waals surface area contributed by atoms with Gasteiger partial charge in [-0.25, -0.2) is 9.67 Å². The summed E-state index contributed by atoms with van der Waals surface area (Å²) >= 11 is 0. The van der Waals surface area contributed by atoms with Gasteiger partial charge in [0.25, 0.3) is 11.5 Å². The number of aromatic amines is 1. The van der Waals surface area contributed by atoms with E-state index in [9.17, 15) is 9.59 Å². The van der Waals surface area contributed by atoms with Crippen LogP contribution in [0.5, 0.6) is 5.75 Å². The Labute approximate surface area is 189 Å². The Bertz CT molecular complexity index is 1390. The third-order valence-electron chi connectivity index (χ3n) is 5.74. The molecule has 1 N–H and O–H groups in total. The molecule has 0 radical (unpaired) electrons. The molecule has 0 spiro atoms. The molecule has 0 unspecified atom stereocenters. The lowest BCUT2D eigenvalue weighted by molar-refractivity contribution is 0.0302. The maximum atomic E-state index is 13.1. The number of amides is 1. The van der Waals surface area contributed by atoms with Crippen molar-refractivity contribution in [1.82, 2.24) is 24.6 Å². The second-order valence-corrected chi connectivity index (χ2v) is 7.77. The van der Waals surface area contributed by atoms with E-state index in [1.54, 1.807) is 34.8 Å². The van der Waals surface area contributed by atoms with E-state index in [2.05, 4.69) is 15.1 Å². The number of benzene rings is 2. The number of H-pyrrole nitrogens is 1. The predicted octanol–water partition coefficient (Wildman–Crippen LogP) is 2.47. The summed E-state index contributed by atoms with van der Waals surface area (Å²) in [6.07, 6.45) is 0. The molecule has 0 bridgehead atoms. The van der Waals surface area contributed by atoms with Crippen molar-refractivity contribution in [1.29, 1.82) is 0 Å². The summed E-state index contributed by atoms with van der Waals surface area (Å²) in [5.74, 6) is 0.707. The minimum absolute atomic E-state index is 0.0841. The second-order valence-electron chi connectivity index (χ2n) is 7.77. The van der Waals surface area contributed by atoms with E-state index in [1.165, 1.54) is 7.11 Å². The van der Waals surface area contributed by atoms with Gasteiger partial charge >= 0.3 is 0 Å². The third-order valence-corrected chi connectivity index (χ3v) is 5.74. The van der Waals surface area contributed by atoms with Gasteiger partial charge in [-0.05, 0) is 18.2 Å². The fourth-order valence-electron chi connectivity index (χ4n) is 4.05. The smallest absolute Gasteiger partial charge is 0.262 e. The van der Waals surface area contributed by atoms with Crippen LogP contribution in [0.25, 0.3) is 33.7 Å². The van der Waals surface area contributed by atoms with Gasteiger partial charge in [0.15, 0.2) is 5.65 Å². The molecule has 4 aromatic rings. The Balaban J connectivity index is 1.57. The van der Waals surface area contributed by atoms with Crippen LogP contribution in [0.4, 0.5) is 0 Å². The number of aryl methyl sites for hydroxylation is 1. The van der Waals surface area contributed by atoms with Gasteiger partial charge < -0.3 is 19.4 Å². The molecule has 9 nitrogen and oxygen atoms in total. The number of hydrogen-bond donors (Lipinski definition) is 1. The lowest BCUT2D eigenvalue weighted by Gasteiger charge is -2.27. The molecule has 168 valence electrons. The Morgan fingerprint density at radius 3 is 2.61 bits per heavy atom. The zero-order valence-corrected chi connectivity index (χ0v) is 18.4. The van der Waals surface area contributed by atoms with E-state index >= 15 is 0 Å². The van der Waals surface area contributed by atoms with Crippen LogP contribution in [0.3, 0.4) is 0 Å². The van der Waals surface area contributed by atoms with Crippen LogP contribution in [0, 0.1) is 0 Å². The monoisotopic (exact) mass is 445 g/mol. The van der Waals surface area contributed by atoms with E-state index in [-0.39, 0.29) is 11.5 Å². The predicted molar refractivity (Wildman–Crippen MR) is 123 cm³/mol. The molecule has 0 atom stereocenters. The normalized spacial score (nSPS) is 13.9. The lowest BCUT2D eigenvalue weighted by atomic mass is 10.1. The number of carbonyl (C=O) groups is 1. The zero-order valence-electron chi connectivity index (χ0n) is 18.4. The second kappa shape index (κ2) is 8.51.